The quantitative estimate of drug-likeness (QED) is 0.846. The van der Waals surface area contributed by atoms with Crippen LogP contribution in [-0.4, -0.2) is 13.1 Å². The molecule has 0 radical (unpaired) electrons. The van der Waals surface area contributed by atoms with Crippen LogP contribution in [0.1, 0.15) is 34.2 Å². The minimum absolute atomic E-state index is 0.256. The van der Waals surface area contributed by atoms with E-state index in [1.54, 1.807) is 6.07 Å². The van der Waals surface area contributed by atoms with Crippen LogP contribution in [0.15, 0.2) is 34.9 Å². The van der Waals surface area contributed by atoms with Crippen molar-refractivity contribution >= 4 is 11.7 Å². The number of para-hydroxylation sites is 1. The summed E-state index contributed by atoms with van der Waals surface area (Å²) in [7, 11) is 1.35. The van der Waals surface area contributed by atoms with Gasteiger partial charge < -0.3 is 14.5 Å². The highest BCUT2D eigenvalue weighted by Gasteiger charge is 2.16. The molecule has 0 aliphatic carbocycles. The highest BCUT2D eigenvalue weighted by atomic mass is 16.5. The van der Waals surface area contributed by atoms with Crippen molar-refractivity contribution in [3.8, 4) is 0 Å². The molecule has 0 aliphatic rings. The van der Waals surface area contributed by atoms with E-state index in [4.69, 9.17) is 9.15 Å². The summed E-state index contributed by atoms with van der Waals surface area (Å²) < 4.78 is 9.87. The van der Waals surface area contributed by atoms with Crippen LogP contribution in [-0.2, 0) is 17.7 Å². The Balaban J connectivity index is 2.18. The van der Waals surface area contributed by atoms with Gasteiger partial charge in [-0.05, 0) is 30.5 Å². The van der Waals surface area contributed by atoms with Gasteiger partial charge in [0.15, 0.2) is 0 Å². The van der Waals surface area contributed by atoms with Gasteiger partial charge in [-0.15, -0.1) is 0 Å². The molecule has 0 amide bonds. The maximum atomic E-state index is 11.6. The molecule has 1 heterocycles. The summed E-state index contributed by atoms with van der Waals surface area (Å²) >= 11 is 0. The maximum absolute atomic E-state index is 11.6. The fraction of sp³-hybridized carbons (Fsp3) is 0.312. The molecule has 0 bridgehead atoms. The van der Waals surface area contributed by atoms with Crippen LogP contribution >= 0.6 is 0 Å². The van der Waals surface area contributed by atoms with E-state index in [1.807, 2.05) is 0 Å². The number of hydrogen-bond acceptors (Lipinski definition) is 4. The first-order valence-corrected chi connectivity index (χ1v) is 6.64. The lowest BCUT2D eigenvalue weighted by Gasteiger charge is -2.13. The third kappa shape index (κ3) is 2.85. The Bertz CT molecular complexity index is 602. The average molecular weight is 273 g/mol. The number of carbonyl (C=O) groups is 1. The first-order valence-electron chi connectivity index (χ1n) is 6.64. The molecule has 1 N–H and O–H groups in total. The second-order valence-corrected chi connectivity index (χ2v) is 4.58. The van der Waals surface area contributed by atoms with Crippen LogP contribution in [0, 0.1) is 6.92 Å². The summed E-state index contributed by atoms with van der Waals surface area (Å²) in [6.45, 7) is 4.72. The summed E-state index contributed by atoms with van der Waals surface area (Å²) in [4.78, 5) is 11.6. The predicted octanol–water partition coefficient (Wildman–Crippen LogP) is 3.55. The molecule has 2 rings (SSSR count). The topological polar surface area (TPSA) is 51.5 Å². The molecule has 2 aromatic rings. The summed E-state index contributed by atoms with van der Waals surface area (Å²) in [5.74, 6) is -0.195. The van der Waals surface area contributed by atoms with Gasteiger partial charge in [0.05, 0.1) is 13.4 Å². The number of hydrogen-bond donors (Lipinski definition) is 1. The molecule has 1 aromatic carbocycles. The van der Waals surface area contributed by atoms with Gasteiger partial charge in [-0.1, -0.05) is 25.1 Å². The monoisotopic (exact) mass is 273 g/mol. The Morgan fingerprint density at radius 2 is 2.10 bits per heavy atom. The molecule has 0 fully saturated rings. The van der Waals surface area contributed by atoms with Crippen molar-refractivity contribution in [1.82, 2.24) is 0 Å². The van der Waals surface area contributed by atoms with Crippen LogP contribution in [0.4, 0.5) is 5.69 Å². The van der Waals surface area contributed by atoms with Crippen LogP contribution in [0.2, 0.25) is 0 Å². The zero-order valence-electron chi connectivity index (χ0n) is 12.0. The van der Waals surface area contributed by atoms with Crippen molar-refractivity contribution in [2.75, 3.05) is 12.4 Å². The third-order valence-corrected chi connectivity index (χ3v) is 3.31. The van der Waals surface area contributed by atoms with E-state index in [-0.39, 0.29) is 5.76 Å². The van der Waals surface area contributed by atoms with Crippen molar-refractivity contribution in [1.29, 1.82) is 0 Å². The molecule has 0 saturated heterocycles. The lowest BCUT2D eigenvalue weighted by atomic mass is 10.1. The Morgan fingerprint density at radius 1 is 1.30 bits per heavy atom. The fourth-order valence-corrected chi connectivity index (χ4v) is 2.21. The number of rotatable bonds is 5. The third-order valence-electron chi connectivity index (χ3n) is 3.31. The Morgan fingerprint density at radius 3 is 2.80 bits per heavy atom. The highest BCUT2D eigenvalue weighted by Crippen LogP contribution is 2.22. The fourth-order valence-electron chi connectivity index (χ4n) is 2.21. The lowest BCUT2D eigenvalue weighted by Crippen LogP contribution is -2.08. The van der Waals surface area contributed by atoms with E-state index in [9.17, 15) is 4.79 Å². The Kier molecular flexibility index (Phi) is 4.45. The first-order chi connectivity index (χ1) is 9.67. The minimum atomic E-state index is -0.452. The highest BCUT2D eigenvalue weighted by molar-refractivity contribution is 5.87. The number of esters is 1. The normalized spacial score (nSPS) is 10.3. The van der Waals surface area contributed by atoms with Gasteiger partial charge in [-0.2, -0.15) is 0 Å². The predicted molar refractivity (Wildman–Crippen MR) is 77.9 cm³/mol. The molecule has 0 spiro atoms. The molecule has 4 heteroatoms. The van der Waals surface area contributed by atoms with Crippen LogP contribution in [0.25, 0.3) is 0 Å². The number of anilines is 1. The van der Waals surface area contributed by atoms with Crippen molar-refractivity contribution in [3.05, 3.63) is 53.0 Å². The summed E-state index contributed by atoms with van der Waals surface area (Å²) in [5, 5.41) is 3.39. The van der Waals surface area contributed by atoms with Gasteiger partial charge in [0.1, 0.15) is 0 Å². The molecule has 106 valence electrons. The number of benzene rings is 1. The van der Waals surface area contributed by atoms with Crippen LogP contribution in [0.5, 0.6) is 0 Å². The van der Waals surface area contributed by atoms with Crippen LogP contribution in [0.3, 0.4) is 0 Å². The summed E-state index contributed by atoms with van der Waals surface area (Å²) in [5.41, 5.74) is 4.36. The molecular weight excluding hydrogens is 254 g/mol. The SMILES string of the molecule is CCc1cccc(C)c1NCc1ccoc1C(=O)OC. The molecule has 0 unspecified atom stereocenters. The number of carbonyl (C=O) groups excluding carboxylic acids is 1. The zero-order chi connectivity index (χ0) is 14.5. The minimum Gasteiger partial charge on any atom is -0.463 e. The second-order valence-electron chi connectivity index (χ2n) is 4.58. The zero-order valence-corrected chi connectivity index (χ0v) is 12.0. The largest absolute Gasteiger partial charge is 0.463 e. The van der Waals surface area contributed by atoms with Gasteiger partial charge in [-0.25, -0.2) is 4.79 Å². The standard InChI is InChI=1S/C16H19NO3/c1-4-12-7-5-6-11(2)14(12)17-10-13-8-9-20-15(13)16(18)19-3/h5-9,17H,4,10H2,1-3H3. The van der Waals surface area contributed by atoms with Gasteiger partial charge in [0.25, 0.3) is 0 Å². The first kappa shape index (κ1) is 14.2. The van der Waals surface area contributed by atoms with Gasteiger partial charge >= 0.3 is 5.97 Å². The van der Waals surface area contributed by atoms with Crippen molar-refractivity contribution in [2.24, 2.45) is 0 Å². The summed E-state index contributed by atoms with van der Waals surface area (Å²) in [6, 6.07) is 8.00. The number of nitrogens with one attached hydrogen (secondary N) is 1. The van der Waals surface area contributed by atoms with Crippen LogP contribution < -0.4 is 5.32 Å². The molecular formula is C16H19NO3. The second kappa shape index (κ2) is 6.28. The lowest BCUT2D eigenvalue weighted by molar-refractivity contribution is 0.0563. The molecule has 0 atom stereocenters. The van der Waals surface area contributed by atoms with Crippen molar-refractivity contribution < 1.29 is 13.9 Å². The van der Waals surface area contributed by atoms with Crippen molar-refractivity contribution in [2.45, 2.75) is 26.8 Å². The number of methoxy groups -OCH3 is 1. The van der Waals surface area contributed by atoms with E-state index in [0.29, 0.717) is 6.54 Å². The molecule has 20 heavy (non-hydrogen) atoms. The van der Waals surface area contributed by atoms with E-state index >= 15 is 0 Å². The molecule has 1 aromatic heterocycles. The van der Waals surface area contributed by atoms with Gasteiger partial charge in [0, 0.05) is 17.8 Å². The molecule has 0 saturated carbocycles. The van der Waals surface area contributed by atoms with E-state index in [2.05, 4.69) is 37.4 Å². The van der Waals surface area contributed by atoms with E-state index in [1.165, 1.54) is 24.5 Å². The van der Waals surface area contributed by atoms with Gasteiger partial charge in [0.2, 0.25) is 5.76 Å². The Hall–Kier alpha value is -2.23. The van der Waals surface area contributed by atoms with E-state index in [0.717, 1.165) is 17.7 Å². The van der Waals surface area contributed by atoms with E-state index < -0.39 is 5.97 Å². The maximum Gasteiger partial charge on any atom is 0.374 e. The van der Waals surface area contributed by atoms with Gasteiger partial charge in [-0.3, -0.25) is 0 Å². The smallest absolute Gasteiger partial charge is 0.374 e. The number of furan rings is 1. The number of ether oxygens (including phenoxy) is 1. The number of aryl methyl sites for hydroxylation is 2. The summed E-state index contributed by atoms with van der Waals surface area (Å²) in [6.07, 6.45) is 2.46. The molecule has 0 aliphatic heterocycles. The Labute approximate surface area is 118 Å². The molecule has 4 nitrogen and oxygen atoms in total. The van der Waals surface area contributed by atoms with Crippen molar-refractivity contribution in [3.63, 3.8) is 0 Å². The average Bonchev–Trinajstić information content (AvgIpc) is 2.93.